The molecule has 9 aromatic rings. The highest BCUT2D eigenvalue weighted by Crippen LogP contribution is 2.50. The second-order valence-electron chi connectivity index (χ2n) is 14.0. The van der Waals surface area contributed by atoms with E-state index in [1.807, 2.05) is 11.3 Å². The molecule has 0 radical (unpaired) electrons. The molecule has 2 unspecified atom stereocenters. The van der Waals surface area contributed by atoms with Crippen LogP contribution in [0.3, 0.4) is 0 Å². The third kappa shape index (κ3) is 4.41. The maximum absolute atomic E-state index is 2.60. The van der Waals surface area contributed by atoms with Crippen LogP contribution in [-0.4, -0.2) is 10.6 Å². The van der Waals surface area contributed by atoms with Crippen LogP contribution in [0.1, 0.15) is 24.3 Å². The number of nitrogens with zero attached hydrogens (tertiary/aromatic N) is 2. The van der Waals surface area contributed by atoms with Gasteiger partial charge in [-0.1, -0.05) is 127 Å². The summed E-state index contributed by atoms with van der Waals surface area (Å²) in [5, 5.41) is 5.23. The van der Waals surface area contributed by atoms with Gasteiger partial charge >= 0.3 is 0 Å². The Morgan fingerprint density at radius 2 is 1.20 bits per heavy atom. The van der Waals surface area contributed by atoms with Gasteiger partial charge in [0, 0.05) is 53.9 Å². The van der Waals surface area contributed by atoms with E-state index in [0.717, 1.165) is 6.42 Å². The van der Waals surface area contributed by atoms with Crippen LogP contribution in [0.25, 0.3) is 69.9 Å². The van der Waals surface area contributed by atoms with Crippen molar-refractivity contribution in [3.05, 3.63) is 175 Å². The Kier molecular flexibility index (Phi) is 6.41. The number of rotatable bonds is 4. The van der Waals surface area contributed by atoms with Gasteiger partial charge in [-0.2, -0.15) is 0 Å². The van der Waals surface area contributed by atoms with Crippen LogP contribution in [-0.2, 0) is 0 Å². The smallest absolute Gasteiger partial charge is 0.0591 e. The molecule has 1 aliphatic heterocycles. The Labute approximate surface area is 301 Å². The third-order valence-corrected chi connectivity index (χ3v) is 12.5. The molecule has 0 saturated heterocycles. The van der Waals surface area contributed by atoms with E-state index in [4.69, 9.17) is 0 Å². The molecule has 2 aliphatic rings. The van der Waals surface area contributed by atoms with Gasteiger partial charge in [-0.3, -0.25) is 0 Å². The highest BCUT2D eigenvalue weighted by Gasteiger charge is 2.38. The number of fused-ring (bicyclic) bond motifs is 9. The molecule has 0 bridgehead atoms. The average molecular weight is 671 g/mol. The molecule has 7 aromatic carbocycles. The van der Waals surface area contributed by atoms with Crippen molar-refractivity contribution in [2.45, 2.75) is 24.8 Å². The fourth-order valence-electron chi connectivity index (χ4n) is 8.96. The van der Waals surface area contributed by atoms with Gasteiger partial charge < -0.3 is 9.47 Å². The third-order valence-electron chi connectivity index (χ3n) is 11.2. The number of hydrogen-bond acceptors (Lipinski definition) is 2. The molecule has 2 atom stereocenters. The van der Waals surface area contributed by atoms with Gasteiger partial charge in [-0.25, -0.2) is 0 Å². The minimum Gasteiger partial charge on any atom is -0.334 e. The molecule has 2 aromatic heterocycles. The number of para-hydroxylation sites is 3. The van der Waals surface area contributed by atoms with Crippen molar-refractivity contribution < 1.29 is 0 Å². The summed E-state index contributed by atoms with van der Waals surface area (Å²) in [4.78, 5) is 2.60. The van der Waals surface area contributed by atoms with Gasteiger partial charge in [-0.05, 0) is 83.1 Å². The zero-order valence-corrected chi connectivity index (χ0v) is 28.9. The first kappa shape index (κ1) is 28.9. The normalized spacial score (nSPS) is 16.7. The van der Waals surface area contributed by atoms with Gasteiger partial charge in [0.2, 0.25) is 0 Å². The summed E-state index contributed by atoms with van der Waals surface area (Å²) in [6.07, 6.45) is 7.15. The first-order chi connectivity index (χ1) is 25.3. The Hall–Kier alpha value is -5.90. The van der Waals surface area contributed by atoms with Crippen LogP contribution in [0.2, 0.25) is 0 Å². The molecule has 0 amide bonds. The van der Waals surface area contributed by atoms with Crippen molar-refractivity contribution in [1.29, 1.82) is 0 Å². The van der Waals surface area contributed by atoms with Gasteiger partial charge in [0.15, 0.2) is 0 Å². The van der Waals surface area contributed by atoms with Crippen LogP contribution in [0.5, 0.6) is 0 Å². The zero-order chi connectivity index (χ0) is 33.5. The summed E-state index contributed by atoms with van der Waals surface area (Å²) in [5.41, 5.74) is 12.6. The maximum Gasteiger partial charge on any atom is 0.0591 e. The molecule has 0 fully saturated rings. The SMILES string of the molecule is C1=CC2C(CC1)c1ccccc1N2c1cc(-c2ccc(-c3cccc4c3sc3ccccc34)cc2)cc(-n2c3ccccc3c3ccccc32)c1. The topological polar surface area (TPSA) is 8.17 Å². The standard InChI is InChI=1S/C48H34N2S/c1-6-19-43-37(12-1)38-13-2-7-20-44(38)49(43)34-28-33(29-35(30-34)50-45-21-8-3-14-39(45)40-15-4-9-22-46(40)50)31-24-26-32(27-25-31)36-17-11-18-42-41-16-5-10-23-47(41)51-48(36)42/h1-3,5-14,16-30,40,46H,4,15H2. The van der Waals surface area contributed by atoms with Crippen molar-refractivity contribution in [2.24, 2.45) is 0 Å². The molecule has 51 heavy (non-hydrogen) atoms. The lowest BCUT2D eigenvalue weighted by Crippen LogP contribution is -2.29. The van der Waals surface area contributed by atoms with Gasteiger partial charge in [0.05, 0.1) is 17.1 Å². The lowest BCUT2D eigenvalue weighted by atomic mass is 9.86. The summed E-state index contributed by atoms with van der Waals surface area (Å²) < 4.78 is 5.15. The van der Waals surface area contributed by atoms with E-state index in [1.54, 1.807) is 0 Å². The predicted molar refractivity (Wildman–Crippen MR) is 218 cm³/mol. The number of anilines is 2. The summed E-state index contributed by atoms with van der Waals surface area (Å²) in [6.45, 7) is 0. The van der Waals surface area contributed by atoms with Crippen molar-refractivity contribution >= 4 is 64.7 Å². The molecule has 2 nitrogen and oxygen atoms in total. The Morgan fingerprint density at radius 1 is 0.529 bits per heavy atom. The first-order valence-electron chi connectivity index (χ1n) is 18.0. The quantitative estimate of drug-likeness (QED) is 0.169. The lowest BCUT2D eigenvalue weighted by molar-refractivity contribution is 0.573. The Morgan fingerprint density at radius 3 is 2.02 bits per heavy atom. The number of hydrogen-bond donors (Lipinski definition) is 0. The molecule has 11 rings (SSSR count). The lowest BCUT2D eigenvalue weighted by Gasteiger charge is -2.31. The van der Waals surface area contributed by atoms with Gasteiger partial charge in [0.25, 0.3) is 0 Å². The van der Waals surface area contributed by atoms with Crippen LogP contribution in [0, 0.1) is 0 Å². The highest BCUT2D eigenvalue weighted by atomic mass is 32.1. The van der Waals surface area contributed by atoms with Crippen molar-refractivity contribution in [3.8, 4) is 27.9 Å². The minimum absolute atomic E-state index is 0.307. The minimum atomic E-state index is 0.307. The van der Waals surface area contributed by atoms with E-state index in [1.165, 1.54) is 93.3 Å². The fraction of sp³-hybridized carbons (Fsp3) is 0.0833. The molecular weight excluding hydrogens is 637 g/mol. The summed E-state index contributed by atoms with van der Waals surface area (Å²) in [6, 6.07) is 59.0. The van der Waals surface area contributed by atoms with Crippen molar-refractivity contribution in [2.75, 3.05) is 4.90 Å². The molecule has 3 heteroatoms. The Balaban J connectivity index is 1.11. The van der Waals surface area contributed by atoms with Crippen molar-refractivity contribution in [1.82, 2.24) is 4.57 Å². The van der Waals surface area contributed by atoms with E-state index in [9.17, 15) is 0 Å². The van der Waals surface area contributed by atoms with Crippen LogP contribution < -0.4 is 4.90 Å². The zero-order valence-electron chi connectivity index (χ0n) is 28.0. The molecule has 0 saturated carbocycles. The van der Waals surface area contributed by atoms with Gasteiger partial charge in [-0.15, -0.1) is 11.3 Å². The Bertz CT molecular complexity index is 2780. The molecule has 0 spiro atoms. The van der Waals surface area contributed by atoms with Crippen LogP contribution >= 0.6 is 11.3 Å². The van der Waals surface area contributed by atoms with Crippen molar-refractivity contribution in [3.63, 3.8) is 0 Å². The van der Waals surface area contributed by atoms with E-state index in [2.05, 4.69) is 179 Å². The summed E-state index contributed by atoms with van der Waals surface area (Å²) >= 11 is 1.89. The average Bonchev–Trinajstić information content (AvgIpc) is 3.86. The van der Waals surface area contributed by atoms with Gasteiger partial charge in [0.1, 0.15) is 0 Å². The van der Waals surface area contributed by atoms with Crippen LogP contribution in [0.15, 0.2) is 170 Å². The molecule has 0 N–H and O–H groups in total. The number of thiophene rings is 1. The molecule has 1 aliphatic carbocycles. The maximum atomic E-state index is 2.60. The summed E-state index contributed by atoms with van der Waals surface area (Å²) in [5.74, 6) is 0.502. The molecular formula is C48H34N2S. The van der Waals surface area contributed by atoms with E-state index >= 15 is 0 Å². The molecule has 242 valence electrons. The number of aromatic nitrogens is 1. The highest BCUT2D eigenvalue weighted by molar-refractivity contribution is 7.26. The van der Waals surface area contributed by atoms with E-state index in [-0.39, 0.29) is 0 Å². The second kappa shape index (κ2) is 11.3. The first-order valence-corrected chi connectivity index (χ1v) is 18.8. The van der Waals surface area contributed by atoms with E-state index in [0.29, 0.717) is 12.0 Å². The summed E-state index contributed by atoms with van der Waals surface area (Å²) in [7, 11) is 0. The van der Waals surface area contributed by atoms with E-state index < -0.39 is 0 Å². The predicted octanol–water partition coefficient (Wildman–Crippen LogP) is 13.4. The fourth-order valence-corrected chi connectivity index (χ4v) is 10.2. The number of allylic oxidation sites excluding steroid dienone is 1. The van der Waals surface area contributed by atoms with Crippen LogP contribution in [0.4, 0.5) is 11.4 Å². The second-order valence-corrected chi connectivity index (χ2v) is 15.0. The molecule has 3 heterocycles. The largest absolute Gasteiger partial charge is 0.334 e. The number of benzene rings is 7. The monoisotopic (exact) mass is 670 g/mol.